The van der Waals surface area contributed by atoms with Crippen LogP contribution in [0.25, 0.3) is 0 Å². The van der Waals surface area contributed by atoms with Crippen LogP contribution in [0.2, 0.25) is 0 Å². The lowest BCUT2D eigenvalue weighted by molar-refractivity contribution is -0.122. The van der Waals surface area contributed by atoms with Gasteiger partial charge in [0.1, 0.15) is 0 Å². The van der Waals surface area contributed by atoms with Gasteiger partial charge in [-0.3, -0.25) is 4.79 Å². The van der Waals surface area contributed by atoms with Crippen LogP contribution < -0.4 is 5.32 Å². The molecule has 2 aliphatic carbocycles. The third-order valence-electron chi connectivity index (χ3n) is 5.05. The van der Waals surface area contributed by atoms with E-state index in [4.69, 9.17) is 0 Å². The van der Waals surface area contributed by atoms with Crippen molar-refractivity contribution in [3.63, 3.8) is 0 Å². The third kappa shape index (κ3) is 1.06. The van der Waals surface area contributed by atoms with Crippen LogP contribution >= 0.6 is 0 Å². The van der Waals surface area contributed by atoms with Gasteiger partial charge in [-0.1, -0.05) is 20.8 Å². The van der Waals surface area contributed by atoms with E-state index >= 15 is 0 Å². The molecule has 80 valence electrons. The first-order chi connectivity index (χ1) is 6.39. The fraction of sp³-hybridized carbons (Fsp3) is 0.917. The van der Waals surface area contributed by atoms with Crippen LogP contribution in [0.1, 0.15) is 47.0 Å². The van der Waals surface area contributed by atoms with E-state index in [1.165, 1.54) is 19.3 Å². The zero-order chi connectivity index (χ0) is 10.6. The molecule has 1 amide bonds. The average molecular weight is 195 g/mol. The van der Waals surface area contributed by atoms with Crippen molar-refractivity contribution in [3.8, 4) is 0 Å². The van der Waals surface area contributed by atoms with Gasteiger partial charge >= 0.3 is 0 Å². The zero-order valence-electron chi connectivity index (χ0n) is 9.68. The number of hydrogen-bond donors (Lipinski definition) is 1. The first kappa shape index (κ1) is 10.0. The zero-order valence-corrected chi connectivity index (χ0v) is 9.68. The average Bonchev–Trinajstić information content (AvgIpc) is 2.52. The summed E-state index contributed by atoms with van der Waals surface area (Å²) >= 11 is 0. The van der Waals surface area contributed by atoms with Gasteiger partial charge < -0.3 is 5.32 Å². The Labute approximate surface area is 86.5 Å². The van der Waals surface area contributed by atoms with Crippen LogP contribution in [0.4, 0.5) is 0 Å². The Morgan fingerprint density at radius 1 is 1.43 bits per heavy atom. The van der Waals surface area contributed by atoms with Gasteiger partial charge in [0.05, 0.1) is 0 Å². The summed E-state index contributed by atoms with van der Waals surface area (Å²) in [6.07, 6.45) is 3.67. The highest BCUT2D eigenvalue weighted by Gasteiger charge is 2.61. The molecule has 2 nitrogen and oxygen atoms in total. The highest BCUT2D eigenvalue weighted by atomic mass is 16.1. The van der Waals surface area contributed by atoms with Gasteiger partial charge in [0.2, 0.25) is 5.91 Å². The summed E-state index contributed by atoms with van der Waals surface area (Å²) < 4.78 is 0. The summed E-state index contributed by atoms with van der Waals surface area (Å²) in [5, 5.41) is 3.23. The quantitative estimate of drug-likeness (QED) is 0.683. The number of carbonyl (C=O) groups is 1. The van der Waals surface area contributed by atoms with E-state index in [0.717, 1.165) is 11.8 Å². The van der Waals surface area contributed by atoms with Crippen molar-refractivity contribution in [1.82, 2.24) is 5.32 Å². The van der Waals surface area contributed by atoms with Crippen LogP contribution in [0.3, 0.4) is 0 Å². The van der Waals surface area contributed by atoms with E-state index in [9.17, 15) is 4.79 Å². The fourth-order valence-corrected chi connectivity index (χ4v) is 3.73. The van der Waals surface area contributed by atoms with Crippen LogP contribution in [0.15, 0.2) is 0 Å². The number of carbonyl (C=O) groups excluding carboxylic acids is 1. The lowest BCUT2D eigenvalue weighted by atomic mass is 9.65. The molecule has 2 bridgehead atoms. The molecule has 1 N–H and O–H groups in total. The Kier molecular flexibility index (Phi) is 1.96. The Balaban J connectivity index is 2.30. The number of rotatable bonds is 1. The molecule has 2 fully saturated rings. The van der Waals surface area contributed by atoms with Crippen LogP contribution in [0.5, 0.6) is 0 Å². The van der Waals surface area contributed by atoms with E-state index in [-0.39, 0.29) is 16.9 Å². The summed E-state index contributed by atoms with van der Waals surface area (Å²) in [6, 6.07) is 0. The number of hydrogen-bond acceptors (Lipinski definition) is 1. The monoisotopic (exact) mass is 195 g/mol. The Morgan fingerprint density at radius 2 is 2.07 bits per heavy atom. The standard InChI is InChI=1S/C12H21NO/c1-8-10-5-6-12(7-10,11(8,3)4)13-9(2)14/h8,10H,5-7H2,1-4H3,(H,13,14). The topological polar surface area (TPSA) is 29.1 Å². The molecule has 0 radical (unpaired) electrons. The second-order valence-electron chi connectivity index (χ2n) is 5.78. The van der Waals surface area contributed by atoms with E-state index in [1.807, 2.05) is 0 Å². The first-order valence-corrected chi connectivity index (χ1v) is 5.68. The molecule has 0 aliphatic heterocycles. The van der Waals surface area contributed by atoms with Crippen molar-refractivity contribution < 1.29 is 4.79 Å². The normalized spacial score (nSPS) is 44.0. The fourth-order valence-electron chi connectivity index (χ4n) is 3.73. The maximum atomic E-state index is 11.3. The molecule has 0 spiro atoms. The lowest BCUT2D eigenvalue weighted by Gasteiger charge is -2.45. The second kappa shape index (κ2) is 2.74. The van der Waals surface area contributed by atoms with Crippen molar-refractivity contribution in [2.75, 3.05) is 0 Å². The summed E-state index contributed by atoms with van der Waals surface area (Å²) in [6.45, 7) is 8.61. The van der Waals surface area contributed by atoms with Crippen molar-refractivity contribution in [2.24, 2.45) is 17.3 Å². The van der Waals surface area contributed by atoms with Crippen LogP contribution in [0, 0.1) is 17.3 Å². The van der Waals surface area contributed by atoms with Crippen molar-refractivity contribution in [2.45, 2.75) is 52.5 Å². The third-order valence-corrected chi connectivity index (χ3v) is 5.05. The minimum Gasteiger partial charge on any atom is -0.350 e. The summed E-state index contributed by atoms with van der Waals surface area (Å²) in [4.78, 5) is 11.3. The maximum absolute atomic E-state index is 11.3. The van der Waals surface area contributed by atoms with Gasteiger partial charge in [0.25, 0.3) is 0 Å². The van der Waals surface area contributed by atoms with Gasteiger partial charge in [0, 0.05) is 12.5 Å². The second-order valence-corrected chi connectivity index (χ2v) is 5.78. The molecule has 3 unspecified atom stereocenters. The molecule has 0 aromatic heterocycles. The van der Waals surface area contributed by atoms with Gasteiger partial charge in [-0.2, -0.15) is 0 Å². The predicted molar refractivity (Wildman–Crippen MR) is 56.8 cm³/mol. The first-order valence-electron chi connectivity index (χ1n) is 5.68. The minimum absolute atomic E-state index is 0.100. The number of amides is 1. The predicted octanol–water partition coefficient (Wildman–Crippen LogP) is 2.34. The molecule has 0 saturated heterocycles. The largest absolute Gasteiger partial charge is 0.350 e. The molecular formula is C12H21NO. The van der Waals surface area contributed by atoms with Gasteiger partial charge in [-0.05, 0) is 36.5 Å². The van der Waals surface area contributed by atoms with Gasteiger partial charge in [0.15, 0.2) is 0 Å². The molecular weight excluding hydrogens is 174 g/mol. The van der Waals surface area contributed by atoms with E-state index in [1.54, 1.807) is 6.92 Å². The van der Waals surface area contributed by atoms with E-state index in [2.05, 4.69) is 26.1 Å². The smallest absolute Gasteiger partial charge is 0.217 e. The van der Waals surface area contributed by atoms with Gasteiger partial charge in [-0.15, -0.1) is 0 Å². The SMILES string of the molecule is CC(=O)NC12CCC(C1)C(C)C2(C)C. The minimum atomic E-state index is 0.100. The molecule has 2 saturated carbocycles. The highest BCUT2D eigenvalue weighted by Crippen LogP contribution is 2.61. The Morgan fingerprint density at radius 3 is 2.50 bits per heavy atom. The molecule has 2 rings (SSSR count). The van der Waals surface area contributed by atoms with Crippen LogP contribution in [-0.4, -0.2) is 11.4 Å². The molecule has 0 heterocycles. The molecule has 3 atom stereocenters. The maximum Gasteiger partial charge on any atom is 0.217 e. The molecule has 2 aliphatic rings. The summed E-state index contributed by atoms with van der Waals surface area (Å²) in [5.74, 6) is 1.70. The molecule has 14 heavy (non-hydrogen) atoms. The van der Waals surface area contributed by atoms with E-state index < -0.39 is 0 Å². The number of nitrogens with one attached hydrogen (secondary N) is 1. The Bertz CT molecular complexity index is 271. The van der Waals surface area contributed by atoms with Crippen molar-refractivity contribution in [3.05, 3.63) is 0 Å². The molecule has 2 heteroatoms. The van der Waals surface area contributed by atoms with Gasteiger partial charge in [-0.25, -0.2) is 0 Å². The number of fused-ring (bicyclic) bond motifs is 2. The van der Waals surface area contributed by atoms with Crippen molar-refractivity contribution >= 4 is 5.91 Å². The molecule has 0 aromatic rings. The van der Waals surface area contributed by atoms with Crippen LogP contribution in [-0.2, 0) is 4.79 Å². The summed E-state index contributed by atoms with van der Waals surface area (Å²) in [7, 11) is 0. The van der Waals surface area contributed by atoms with E-state index in [0.29, 0.717) is 0 Å². The summed E-state index contributed by atoms with van der Waals surface area (Å²) in [5.41, 5.74) is 0.366. The highest BCUT2D eigenvalue weighted by molar-refractivity contribution is 5.74. The van der Waals surface area contributed by atoms with Crippen molar-refractivity contribution in [1.29, 1.82) is 0 Å². The lowest BCUT2D eigenvalue weighted by Crippen LogP contribution is -2.55. The Hall–Kier alpha value is -0.530. The molecule has 0 aromatic carbocycles.